The van der Waals surface area contributed by atoms with Crippen LogP contribution in [0.25, 0.3) is 21.9 Å². The highest BCUT2D eigenvalue weighted by atomic mass is 19.1. The van der Waals surface area contributed by atoms with E-state index in [1.54, 1.807) is 22.9 Å². The summed E-state index contributed by atoms with van der Waals surface area (Å²) in [5.41, 5.74) is 3.46. The van der Waals surface area contributed by atoms with Gasteiger partial charge in [0.2, 0.25) is 5.69 Å². The molecule has 4 nitrogen and oxygen atoms in total. The van der Waals surface area contributed by atoms with Crippen LogP contribution in [0.1, 0.15) is 56.4 Å². The van der Waals surface area contributed by atoms with Gasteiger partial charge in [-0.25, -0.2) is 14.2 Å². The van der Waals surface area contributed by atoms with E-state index in [0.29, 0.717) is 5.82 Å². The van der Waals surface area contributed by atoms with Crippen LogP contribution >= 0.6 is 0 Å². The van der Waals surface area contributed by atoms with Crippen LogP contribution < -0.4 is 0 Å². The molecule has 0 saturated heterocycles. The number of nitrogens with zero attached hydrogens (tertiary/aromatic N) is 4. The summed E-state index contributed by atoms with van der Waals surface area (Å²) in [7, 11) is 0. The van der Waals surface area contributed by atoms with Crippen molar-refractivity contribution < 1.29 is 4.39 Å². The second kappa shape index (κ2) is 7.66. The van der Waals surface area contributed by atoms with Crippen molar-refractivity contribution in [2.75, 3.05) is 0 Å². The van der Waals surface area contributed by atoms with Gasteiger partial charge in [0.15, 0.2) is 5.69 Å². The van der Waals surface area contributed by atoms with Crippen molar-refractivity contribution in [1.29, 1.82) is 5.26 Å². The van der Waals surface area contributed by atoms with Gasteiger partial charge in [-0.15, -0.1) is 0 Å². The van der Waals surface area contributed by atoms with E-state index in [2.05, 4.69) is 43.6 Å². The van der Waals surface area contributed by atoms with E-state index >= 15 is 0 Å². The summed E-state index contributed by atoms with van der Waals surface area (Å²) in [5, 5.41) is 9.43. The minimum absolute atomic E-state index is 0.0632. The molecule has 0 atom stereocenters. The number of benzene rings is 2. The molecule has 1 heterocycles. The van der Waals surface area contributed by atoms with Gasteiger partial charge in [-0.3, -0.25) is 4.57 Å². The Morgan fingerprint density at radius 3 is 2.21 bits per heavy atom. The number of aromatic nitrogens is 2. The van der Waals surface area contributed by atoms with Crippen molar-refractivity contribution in [3.63, 3.8) is 0 Å². The Morgan fingerprint density at radius 2 is 1.68 bits per heavy atom. The smallest absolute Gasteiger partial charge is 0.222 e. The van der Waals surface area contributed by atoms with Gasteiger partial charge in [-0.05, 0) is 23.0 Å². The second-order valence-electron chi connectivity index (χ2n) is 7.28. The van der Waals surface area contributed by atoms with E-state index in [0.717, 1.165) is 16.8 Å². The van der Waals surface area contributed by atoms with Gasteiger partial charge >= 0.3 is 0 Å². The van der Waals surface area contributed by atoms with Crippen LogP contribution in [0, 0.1) is 23.7 Å². The van der Waals surface area contributed by atoms with Gasteiger partial charge in [0.05, 0.1) is 12.3 Å². The first-order valence-electron chi connectivity index (χ1n) is 9.18. The predicted molar refractivity (Wildman–Crippen MR) is 108 cm³/mol. The van der Waals surface area contributed by atoms with Crippen LogP contribution in [0.2, 0.25) is 0 Å². The van der Waals surface area contributed by atoms with Crippen molar-refractivity contribution >= 4 is 5.69 Å². The highest BCUT2D eigenvalue weighted by Gasteiger charge is 2.22. The minimum atomic E-state index is -0.623. The first kappa shape index (κ1) is 19.3. The highest BCUT2D eigenvalue weighted by molar-refractivity contribution is 5.68. The molecule has 0 spiro atoms. The zero-order valence-corrected chi connectivity index (χ0v) is 16.4. The Kier molecular flexibility index (Phi) is 5.29. The van der Waals surface area contributed by atoms with Crippen molar-refractivity contribution in [1.82, 2.24) is 9.55 Å². The van der Waals surface area contributed by atoms with E-state index in [1.165, 1.54) is 6.07 Å². The quantitative estimate of drug-likeness (QED) is 0.501. The van der Waals surface area contributed by atoms with Gasteiger partial charge in [0, 0.05) is 11.8 Å². The molecule has 0 aliphatic rings. The molecule has 0 N–H and O–H groups in total. The Morgan fingerprint density at radius 1 is 1.07 bits per heavy atom. The molecule has 0 aliphatic heterocycles. The lowest BCUT2D eigenvalue weighted by Gasteiger charge is -2.21. The number of halogens is 1. The van der Waals surface area contributed by atoms with Crippen molar-refractivity contribution in [3.8, 4) is 23.1 Å². The molecule has 0 fully saturated rings. The standard InChI is InChI=1S/C23H21FN4/c1-14(2)17-8-6-9-18(15(3)4)22(17)28-13-16(12-25)27-23(28)19-10-7-11-20(26-5)21(19)24/h6-11,13-15H,1-4H3. The summed E-state index contributed by atoms with van der Waals surface area (Å²) in [4.78, 5) is 7.62. The predicted octanol–water partition coefficient (Wildman–Crippen LogP) is 6.35. The molecule has 5 heteroatoms. The van der Waals surface area contributed by atoms with Crippen LogP contribution in [0.3, 0.4) is 0 Å². The lowest BCUT2D eigenvalue weighted by atomic mass is 9.92. The van der Waals surface area contributed by atoms with Crippen LogP contribution in [-0.2, 0) is 0 Å². The molecule has 140 valence electrons. The maximum absolute atomic E-state index is 14.9. The minimum Gasteiger partial charge on any atom is -0.298 e. The fourth-order valence-corrected chi connectivity index (χ4v) is 3.36. The molecule has 0 unspecified atom stereocenters. The van der Waals surface area contributed by atoms with E-state index < -0.39 is 5.82 Å². The second-order valence-corrected chi connectivity index (χ2v) is 7.28. The third kappa shape index (κ3) is 3.28. The van der Waals surface area contributed by atoms with E-state index in [-0.39, 0.29) is 28.8 Å². The zero-order valence-electron chi connectivity index (χ0n) is 16.4. The molecule has 0 bridgehead atoms. The molecular weight excluding hydrogens is 351 g/mol. The Hall–Kier alpha value is -3.44. The molecule has 1 aromatic heterocycles. The number of rotatable bonds is 4. The van der Waals surface area contributed by atoms with E-state index in [4.69, 9.17) is 6.57 Å². The van der Waals surface area contributed by atoms with Gasteiger partial charge in [-0.1, -0.05) is 64.1 Å². The average Bonchev–Trinajstić information content (AvgIpc) is 3.11. The SMILES string of the molecule is [C-]#[N+]c1cccc(-c2nc(C#N)cn2-c2c(C(C)C)cccc2C(C)C)c1F. The summed E-state index contributed by atoms with van der Waals surface area (Å²) in [6.45, 7) is 15.6. The average molecular weight is 372 g/mol. The molecule has 0 saturated carbocycles. The van der Waals surface area contributed by atoms with E-state index in [9.17, 15) is 9.65 Å². The fraction of sp³-hybridized carbons (Fsp3) is 0.261. The Labute approximate surface area is 164 Å². The molecule has 3 aromatic rings. The third-order valence-electron chi connectivity index (χ3n) is 4.74. The van der Waals surface area contributed by atoms with Crippen molar-refractivity contribution in [2.45, 2.75) is 39.5 Å². The number of imidazole rings is 1. The molecule has 0 radical (unpaired) electrons. The molecular formula is C23H21FN4. The molecule has 2 aromatic carbocycles. The van der Waals surface area contributed by atoms with Gasteiger partial charge in [0.25, 0.3) is 0 Å². The van der Waals surface area contributed by atoms with Crippen LogP contribution in [0.4, 0.5) is 10.1 Å². The van der Waals surface area contributed by atoms with Crippen molar-refractivity contribution in [3.05, 3.63) is 76.7 Å². The summed E-state index contributed by atoms with van der Waals surface area (Å²) < 4.78 is 16.7. The molecule has 28 heavy (non-hydrogen) atoms. The summed E-state index contributed by atoms with van der Waals surface area (Å²) in [5.74, 6) is 0.166. The first-order chi connectivity index (χ1) is 13.4. The highest BCUT2D eigenvalue weighted by Crippen LogP contribution is 2.36. The normalized spacial score (nSPS) is 10.9. The number of para-hydroxylation sites is 1. The topological polar surface area (TPSA) is 46.0 Å². The van der Waals surface area contributed by atoms with E-state index in [1.807, 2.05) is 18.2 Å². The van der Waals surface area contributed by atoms with Gasteiger partial charge in [-0.2, -0.15) is 5.26 Å². The summed E-state index contributed by atoms with van der Waals surface area (Å²) in [6, 6.07) is 12.8. The summed E-state index contributed by atoms with van der Waals surface area (Å²) in [6.07, 6.45) is 1.65. The monoisotopic (exact) mass is 372 g/mol. The third-order valence-corrected chi connectivity index (χ3v) is 4.74. The first-order valence-corrected chi connectivity index (χ1v) is 9.18. The number of hydrogen-bond donors (Lipinski definition) is 0. The Bertz CT molecular complexity index is 1080. The zero-order chi connectivity index (χ0) is 20.4. The maximum Gasteiger partial charge on any atom is 0.222 e. The van der Waals surface area contributed by atoms with Crippen LogP contribution in [0.5, 0.6) is 0 Å². The number of nitriles is 1. The van der Waals surface area contributed by atoms with Gasteiger partial charge < -0.3 is 0 Å². The van der Waals surface area contributed by atoms with Crippen LogP contribution in [0.15, 0.2) is 42.6 Å². The fourth-order valence-electron chi connectivity index (χ4n) is 3.36. The van der Waals surface area contributed by atoms with Crippen molar-refractivity contribution in [2.24, 2.45) is 0 Å². The summed E-state index contributed by atoms with van der Waals surface area (Å²) >= 11 is 0. The Balaban J connectivity index is 2.40. The lowest BCUT2D eigenvalue weighted by Crippen LogP contribution is -2.08. The maximum atomic E-state index is 14.9. The number of hydrogen-bond acceptors (Lipinski definition) is 2. The largest absolute Gasteiger partial charge is 0.298 e. The van der Waals surface area contributed by atoms with Crippen LogP contribution in [-0.4, -0.2) is 9.55 Å². The molecule has 0 aliphatic carbocycles. The lowest BCUT2D eigenvalue weighted by molar-refractivity contribution is 0.635. The van der Waals surface area contributed by atoms with Gasteiger partial charge in [0.1, 0.15) is 17.7 Å². The molecule has 0 amide bonds. The molecule has 3 rings (SSSR count).